The Morgan fingerprint density at radius 3 is 2.27 bits per heavy atom. The third kappa shape index (κ3) is 12.7. The van der Waals surface area contributed by atoms with Gasteiger partial charge in [0.1, 0.15) is 13.2 Å². The van der Waals surface area contributed by atoms with Gasteiger partial charge in [-0.3, -0.25) is 0 Å². The molecule has 0 fully saturated rings. The van der Waals surface area contributed by atoms with Crippen molar-refractivity contribution < 1.29 is 29.3 Å². The van der Waals surface area contributed by atoms with Gasteiger partial charge in [-0.25, -0.2) is 4.79 Å². The number of nitrogens with two attached hydrogens (primary N) is 1. The zero-order valence-corrected chi connectivity index (χ0v) is 7.89. The van der Waals surface area contributed by atoms with Crippen LogP contribution >= 0.6 is 0 Å². The lowest BCUT2D eigenvalue weighted by molar-refractivity contribution is -0.870. The maximum absolute atomic E-state index is 10.1. The van der Waals surface area contributed by atoms with Crippen LogP contribution in [-0.4, -0.2) is 44.9 Å². The summed E-state index contributed by atoms with van der Waals surface area (Å²) in [5.41, 5.74) is 4.75. The number of likely N-dealkylation sites (N-methyl/N-ethyl adjacent to an activating group) is 1. The molecular formula is C6H19ClN2O2. The van der Waals surface area contributed by atoms with Crippen LogP contribution in [0, 0.1) is 0 Å². The Hall–Kier alpha value is -0.480. The van der Waals surface area contributed by atoms with E-state index in [1.807, 2.05) is 21.1 Å². The number of hydrogen-bond donors (Lipinski definition) is 1. The quantitative estimate of drug-likeness (QED) is 0.488. The molecule has 2 N–H and O–H groups in total. The van der Waals surface area contributed by atoms with E-state index in [1.54, 1.807) is 0 Å². The van der Waals surface area contributed by atoms with E-state index in [9.17, 15) is 4.79 Å². The molecule has 72 valence electrons. The predicted molar refractivity (Wildman–Crippen MR) is 42.7 cm³/mol. The lowest BCUT2D eigenvalue weighted by Gasteiger charge is -2.22. The van der Waals surface area contributed by atoms with Crippen LogP contribution in [0.15, 0.2) is 0 Å². The lowest BCUT2D eigenvalue weighted by atomic mass is 10.5. The van der Waals surface area contributed by atoms with Crippen LogP contribution in [-0.2, 0) is 4.74 Å². The molecule has 0 saturated heterocycles. The second-order valence-corrected chi connectivity index (χ2v) is 3.18. The van der Waals surface area contributed by atoms with Crippen molar-refractivity contribution in [2.45, 2.75) is 0 Å². The van der Waals surface area contributed by atoms with Crippen LogP contribution < -0.4 is 18.1 Å². The Morgan fingerprint density at radius 2 is 2.00 bits per heavy atom. The van der Waals surface area contributed by atoms with Crippen LogP contribution in [0.1, 0.15) is 2.85 Å². The molecule has 1 amide bonds. The van der Waals surface area contributed by atoms with Gasteiger partial charge in [-0.15, -0.1) is 0 Å². The Kier molecular flexibility index (Phi) is 6.22. The maximum Gasteiger partial charge on any atom is 0.404 e. The number of carbonyl (C=O) groups is 1. The number of carbonyl (C=O) groups excluding carboxylic acids is 1. The summed E-state index contributed by atoms with van der Waals surface area (Å²) in [6, 6.07) is 0. The Labute approximate surface area is 76.3 Å². The zero-order chi connectivity index (χ0) is 8.20. The molecule has 4 nitrogen and oxygen atoms in total. The van der Waals surface area contributed by atoms with E-state index in [0.717, 1.165) is 11.0 Å². The average Bonchev–Trinajstić information content (AvgIpc) is 1.59. The number of nitrogens with zero attached hydrogens (tertiary/aromatic N) is 1. The van der Waals surface area contributed by atoms with Gasteiger partial charge < -0.3 is 27.4 Å². The summed E-state index contributed by atoms with van der Waals surface area (Å²) in [4.78, 5) is 10.1. The zero-order valence-electron chi connectivity index (χ0n) is 7.13. The molecule has 0 atom stereocenters. The van der Waals surface area contributed by atoms with Gasteiger partial charge >= 0.3 is 6.09 Å². The van der Waals surface area contributed by atoms with Gasteiger partial charge in [-0.2, -0.15) is 0 Å². The van der Waals surface area contributed by atoms with E-state index in [-0.39, 0.29) is 15.3 Å². The Balaban J connectivity index is -0.000000135. The van der Waals surface area contributed by atoms with E-state index in [0.29, 0.717) is 6.61 Å². The van der Waals surface area contributed by atoms with Crippen LogP contribution in [0.25, 0.3) is 0 Å². The molecule has 0 rings (SSSR count). The Morgan fingerprint density at radius 1 is 1.55 bits per heavy atom. The number of quaternary nitrogens is 1. The highest BCUT2D eigenvalue weighted by Gasteiger charge is 2.06. The Bertz CT molecular complexity index is 130. The molecule has 11 heavy (non-hydrogen) atoms. The molecule has 0 aliphatic rings. The number of amides is 1. The van der Waals surface area contributed by atoms with Crippen molar-refractivity contribution in [3.05, 3.63) is 0 Å². The number of primary amides is 1. The maximum atomic E-state index is 10.1. The fourth-order valence-corrected chi connectivity index (χ4v) is 0.420. The van der Waals surface area contributed by atoms with Gasteiger partial charge in [0, 0.05) is 2.85 Å². The molecule has 0 aromatic heterocycles. The average molecular weight is 187 g/mol. The number of ether oxygens (including phenoxy) is 1. The highest BCUT2D eigenvalue weighted by Crippen LogP contribution is 1.88. The molecule has 0 aromatic carbocycles. The van der Waals surface area contributed by atoms with E-state index in [1.165, 1.54) is 0 Å². The van der Waals surface area contributed by atoms with E-state index >= 15 is 0 Å². The van der Waals surface area contributed by atoms with Crippen LogP contribution in [0.4, 0.5) is 4.79 Å². The summed E-state index contributed by atoms with van der Waals surface area (Å²) < 4.78 is 5.31. The number of hydrogen-bond acceptors (Lipinski definition) is 2. The summed E-state index contributed by atoms with van der Waals surface area (Å²) in [6.07, 6.45) is -0.701. The molecule has 0 radical (unpaired) electrons. The van der Waals surface area contributed by atoms with E-state index in [4.69, 9.17) is 5.73 Å². The first kappa shape index (κ1) is 13.1. The lowest BCUT2D eigenvalue weighted by Crippen LogP contribution is -3.00. The molecule has 0 aliphatic carbocycles. The summed E-state index contributed by atoms with van der Waals surface area (Å²) in [6.45, 7) is 1.17. The second-order valence-electron chi connectivity index (χ2n) is 3.18. The van der Waals surface area contributed by atoms with Crippen LogP contribution in [0.5, 0.6) is 0 Å². The molecule has 0 aliphatic heterocycles. The molecule has 0 aromatic rings. The fraction of sp³-hybridized carbons (Fsp3) is 0.833. The molecule has 0 heterocycles. The van der Waals surface area contributed by atoms with Crippen LogP contribution in [0.2, 0.25) is 0 Å². The topological polar surface area (TPSA) is 52.3 Å². The van der Waals surface area contributed by atoms with Gasteiger partial charge in [0.15, 0.2) is 0 Å². The molecule has 5 heteroatoms. The molecule has 0 spiro atoms. The first-order valence-electron chi connectivity index (χ1n) is 3.14. The van der Waals surface area contributed by atoms with Crippen molar-refractivity contribution in [2.75, 3.05) is 34.3 Å². The highest BCUT2D eigenvalue weighted by atomic mass is 35.5. The van der Waals surface area contributed by atoms with Gasteiger partial charge in [-0.1, -0.05) is 0 Å². The second kappa shape index (κ2) is 5.21. The minimum atomic E-state index is -0.701. The van der Waals surface area contributed by atoms with E-state index < -0.39 is 6.09 Å². The standard InChI is InChI=1S/C6H14N2O2.ClH.2H2/c1-8(2,3)4-5-10-6(7)9;;;/h4-5H2,1-3H3,(H-,7,9);3*1H. The minimum Gasteiger partial charge on any atom is -1.00 e. The normalized spacial score (nSPS) is 10.1. The van der Waals surface area contributed by atoms with Crippen molar-refractivity contribution in [1.29, 1.82) is 0 Å². The minimum absolute atomic E-state index is 0. The fourth-order valence-electron chi connectivity index (χ4n) is 0.420. The summed E-state index contributed by atoms with van der Waals surface area (Å²) in [5.74, 6) is 0. The summed E-state index contributed by atoms with van der Waals surface area (Å²) in [7, 11) is 6.05. The first-order chi connectivity index (χ1) is 4.42. The molecule has 0 bridgehead atoms. The smallest absolute Gasteiger partial charge is 0.404 e. The molecule has 0 unspecified atom stereocenters. The van der Waals surface area contributed by atoms with Crippen molar-refractivity contribution in [3.8, 4) is 0 Å². The van der Waals surface area contributed by atoms with Crippen molar-refractivity contribution >= 4 is 6.09 Å². The SMILES string of the molecule is C[N+](C)(C)CCOC(N)=O.[Cl-].[HH].[HH]. The largest absolute Gasteiger partial charge is 1.00 e. The van der Waals surface area contributed by atoms with Crippen molar-refractivity contribution in [1.82, 2.24) is 0 Å². The van der Waals surface area contributed by atoms with Crippen molar-refractivity contribution in [3.63, 3.8) is 0 Å². The van der Waals surface area contributed by atoms with Gasteiger partial charge in [0.2, 0.25) is 0 Å². The predicted octanol–water partition coefficient (Wildman–Crippen LogP) is -2.72. The van der Waals surface area contributed by atoms with Crippen molar-refractivity contribution in [2.24, 2.45) is 5.73 Å². The van der Waals surface area contributed by atoms with E-state index in [2.05, 4.69) is 4.74 Å². The van der Waals surface area contributed by atoms with Crippen LogP contribution in [0.3, 0.4) is 0 Å². The monoisotopic (exact) mass is 186 g/mol. The van der Waals surface area contributed by atoms with Gasteiger partial charge in [0.05, 0.1) is 21.1 Å². The van der Waals surface area contributed by atoms with Gasteiger partial charge in [-0.05, 0) is 0 Å². The number of rotatable bonds is 3. The first-order valence-corrected chi connectivity index (χ1v) is 3.14. The molecule has 0 saturated carbocycles. The summed E-state index contributed by atoms with van der Waals surface area (Å²) >= 11 is 0. The highest BCUT2D eigenvalue weighted by molar-refractivity contribution is 5.64. The number of halogens is 1. The third-order valence-corrected chi connectivity index (χ3v) is 1.01. The summed E-state index contributed by atoms with van der Waals surface area (Å²) in [5, 5.41) is 0. The molecular weight excluding hydrogens is 168 g/mol. The van der Waals surface area contributed by atoms with Gasteiger partial charge in [0.25, 0.3) is 0 Å². The third-order valence-electron chi connectivity index (χ3n) is 1.01.